The van der Waals surface area contributed by atoms with E-state index in [4.69, 9.17) is 9.84 Å². The number of aromatic carboxylic acids is 1. The first-order valence-corrected chi connectivity index (χ1v) is 7.26. The number of ether oxygens (including phenoxy) is 1. The van der Waals surface area contributed by atoms with Crippen LogP contribution in [0, 0.1) is 0 Å². The summed E-state index contributed by atoms with van der Waals surface area (Å²) in [5.74, 6) is -1.25. The Balaban J connectivity index is 2.48. The number of sulfonamides is 1. The van der Waals surface area contributed by atoms with Crippen LogP contribution in [0.4, 0.5) is 5.82 Å². The zero-order valence-electron chi connectivity index (χ0n) is 11.3. The van der Waals surface area contributed by atoms with Gasteiger partial charge in [0.25, 0.3) is 10.0 Å². The molecule has 0 amide bonds. The van der Waals surface area contributed by atoms with Gasteiger partial charge in [0.05, 0.1) is 13.3 Å². The molecule has 112 valence electrons. The number of carboxylic acids is 1. The Morgan fingerprint density at radius 3 is 2.67 bits per heavy atom. The maximum atomic E-state index is 12.4. The Kier molecular flexibility index (Phi) is 3.85. The zero-order valence-corrected chi connectivity index (χ0v) is 12.1. The number of carboxylic acid groups (broad SMARTS) is 1. The molecule has 1 aromatic carbocycles. The second kappa shape index (κ2) is 5.44. The van der Waals surface area contributed by atoms with Crippen molar-refractivity contribution < 1.29 is 23.1 Å². The fourth-order valence-electron chi connectivity index (χ4n) is 1.74. The van der Waals surface area contributed by atoms with Crippen molar-refractivity contribution in [2.24, 2.45) is 7.05 Å². The van der Waals surface area contributed by atoms with Crippen molar-refractivity contribution in [1.29, 1.82) is 0 Å². The minimum absolute atomic E-state index is 0.0926. The van der Waals surface area contributed by atoms with E-state index in [2.05, 4.69) is 9.82 Å². The number of nitrogens with one attached hydrogen (secondary N) is 1. The van der Waals surface area contributed by atoms with Gasteiger partial charge in [-0.1, -0.05) is 12.1 Å². The quantitative estimate of drug-likeness (QED) is 0.849. The summed E-state index contributed by atoms with van der Waals surface area (Å²) < 4.78 is 33.1. The number of hydrogen-bond donors (Lipinski definition) is 2. The van der Waals surface area contributed by atoms with Crippen LogP contribution >= 0.6 is 0 Å². The van der Waals surface area contributed by atoms with E-state index in [0.717, 1.165) is 10.9 Å². The molecular weight excluding hydrogens is 298 g/mol. The highest BCUT2D eigenvalue weighted by Crippen LogP contribution is 2.26. The minimum Gasteiger partial charge on any atom is -0.495 e. The highest BCUT2D eigenvalue weighted by Gasteiger charge is 2.24. The molecule has 2 rings (SSSR count). The van der Waals surface area contributed by atoms with Crippen molar-refractivity contribution in [3.63, 3.8) is 0 Å². The summed E-state index contributed by atoms with van der Waals surface area (Å²) in [6, 6.07) is 6.02. The molecule has 8 nitrogen and oxygen atoms in total. The zero-order chi connectivity index (χ0) is 15.6. The van der Waals surface area contributed by atoms with Gasteiger partial charge in [0.15, 0.2) is 5.82 Å². The molecule has 0 aliphatic rings. The lowest BCUT2D eigenvalue weighted by Gasteiger charge is -2.12. The van der Waals surface area contributed by atoms with E-state index < -0.39 is 16.0 Å². The molecule has 0 fully saturated rings. The number of rotatable bonds is 5. The first-order valence-electron chi connectivity index (χ1n) is 5.78. The van der Waals surface area contributed by atoms with Crippen molar-refractivity contribution >= 4 is 21.8 Å². The van der Waals surface area contributed by atoms with Crippen molar-refractivity contribution in [3.05, 3.63) is 36.0 Å². The van der Waals surface area contributed by atoms with Gasteiger partial charge in [-0.15, -0.1) is 0 Å². The SMILES string of the molecule is COc1ccccc1S(=O)(=O)Nc1c(C(=O)O)cnn1C. The van der Waals surface area contributed by atoms with Crippen LogP contribution in [0.2, 0.25) is 0 Å². The number of anilines is 1. The summed E-state index contributed by atoms with van der Waals surface area (Å²) in [5.41, 5.74) is -0.240. The number of aromatic nitrogens is 2. The third-order valence-electron chi connectivity index (χ3n) is 2.76. The molecule has 21 heavy (non-hydrogen) atoms. The van der Waals surface area contributed by atoms with Crippen LogP contribution in [0.25, 0.3) is 0 Å². The van der Waals surface area contributed by atoms with Gasteiger partial charge in [0.1, 0.15) is 16.2 Å². The van der Waals surface area contributed by atoms with Crippen LogP contribution in [0.3, 0.4) is 0 Å². The highest BCUT2D eigenvalue weighted by molar-refractivity contribution is 7.92. The van der Waals surface area contributed by atoms with Crippen molar-refractivity contribution in [2.45, 2.75) is 4.90 Å². The van der Waals surface area contributed by atoms with E-state index in [1.54, 1.807) is 12.1 Å². The van der Waals surface area contributed by atoms with Gasteiger partial charge in [-0.3, -0.25) is 9.40 Å². The first-order chi connectivity index (χ1) is 9.86. The summed E-state index contributed by atoms with van der Waals surface area (Å²) in [6.07, 6.45) is 1.07. The maximum Gasteiger partial charge on any atom is 0.341 e. The Morgan fingerprint density at radius 1 is 1.38 bits per heavy atom. The van der Waals surface area contributed by atoms with Gasteiger partial charge in [-0.25, -0.2) is 13.2 Å². The predicted molar refractivity (Wildman–Crippen MR) is 74.0 cm³/mol. The average molecular weight is 311 g/mol. The molecule has 0 aliphatic carbocycles. The van der Waals surface area contributed by atoms with Crippen LogP contribution in [0.15, 0.2) is 35.4 Å². The van der Waals surface area contributed by atoms with Crippen LogP contribution in [-0.2, 0) is 17.1 Å². The predicted octanol–water partition coefficient (Wildman–Crippen LogP) is 0.928. The van der Waals surface area contributed by atoms with E-state index in [1.807, 2.05) is 0 Å². The molecule has 2 aromatic rings. The number of aryl methyl sites for hydroxylation is 1. The second-order valence-electron chi connectivity index (χ2n) is 4.09. The van der Waals surface area contributed by atoms with Crippen LogP contribution < -0.4 is 9.46 Å². The van der Waals surface area contributed by atoms with E-state index in [0.29, 0.717) is 0 Å². The van der Waals surface area contributed by atoms with E-state index in [9.17, 15) is 13.2 Å². The largest absolute Gasteiger partial charge is 0.495 e. The average Bonchev–Trinajstić information content (AvgIpc) is 2.80. The molecule has 0 bridgehead atoms. The van der Waals surface area contributed by atoms with Crippen LogP contribution in [0.1, 0.15) is 10.4 Å². The molecule has 0 unspecified atom stereocenters. The van der Waals surface area contributed by atoms with E-state index in [-0.39, 0.29) is 22.0 Å². The first kappa shape index (κ1) is 14.9. The van der Waals surface area contributed by atoms with Crippen LogP contribution in [-0.4, -0.2) is 36.4 Å². The Bertz CT molecular complexity index is 782. The van der Waals surface area contributed by atoms with Crippen molar-refractivity contribution in [1.82, 2.24) is 9.78 Å². The molecule has 1 heterocycles. The second-order valence-corrected chi connectivity index (χ2v) is 5.74. The Labute approximate surface area is 121 Å². The summed E-state index contributed by atoms with van der Waals surface area (Å²) >= 11 is 0. The lowest BCUT2D eigenvalue weighted by Crippen LogP contribution is -2.18. The molecule has 0 radical (unpaired) electrons. The Morgan fingerprint density at radius 2 is 2.05 bits per heavy atom. The molecule has 2 N–H and O–H groups in total. The van der Waals surface area contributed by atoms with Gasteiger partial charge < -0.3 is 9.84 Å². The fourth-order valence-corrected chi connectivity index (χ4v) is 3.02. The van der Waals surface area contributed by atoms with E-state index in [1.165, 1.54) is 26.3 Å². The van der Waals surface area contributed by atoms with Gasteiger partial charge in [-0.2, -0.15) is 5.10 Å². The van der Waals surface area contributed by atoms with Crippen molar-refractivity contribution in [2.75, 3.05) is 11.8 Å². The molecule has 1 aromatic heterocycles. The normalized spacial score (nSPS) is 11.1. The summed E-state index contributed by atoms with van der Waals surface area (Å²) in [6.45, 7) is 0. The fraction of sp³-hybridized carbons (Fsp3) is 0.167. The molecule has 0 saturated heterocycles. The number of carbonyl (C=O) groups is 1. The summed E-state index contributed by atoms with van der Waals surface area (Å²) in [4.78, 5) is 11.0. The molecule has 9 heteroatoms. The molecule has 0 spiro atoms. The number of methoxy groups -OCH3 is 1. The summed E-state index contributed by atoms with van der Waals surface area (Å²) in [5, 5.41) is 12.8. The molecule has 0 saturated carbocycles. The van der Waals surface area contributed by atoms with Crippen LogP contribution in [0.5, 0.6) is 5.75 Å². The lowest BCUT2D eigenvalue weighted by atomic mass is 10.3. The highest BCUT2D eigenvalue weighted by atomic mass is 32.2. The lowest BCUT2D eigenvalue weighted by molar-refractivity contribution is 0.0698. The topological polar surface area (TPSA) is 111 Å². The Hall–Kier alpha value is -2.55. The minimum atomic E-state index is -4.00. The monoisotopic (exact) mass is 311 g/mol. The molecule has 0 aliphatic heterocycles. The molecular formula is C12H13N3O5S. The standard InChI is InChI=1S/C12H13N3O5S/c1-15-11(8(7-13-15)12(16)17)14-21(18,19)10-6-4-3-5-9(10)20-2/h3-7,14H,1-2H3,(H,16,17). The van der Waals surface area contributed by atoms with Crippen molar-refractivity contribution in [3.8, 4) is 5.75 Å². The van der Waals surface area contributed by atoms with Gasteiger partial charge >= 0.3 is 5.97 Å². The number of nitrogens with zero attached hydrogens (tertiary/aromatic N) is 2. The van der Waals surface area contributed by atoms with Gasteiger partial charge in [0, 0.05) is 7.05 Å². The number of benzene rings is 1. The van der Waals surface area contributed by atoms with Gasteiger partial charge in [-0.05, 0) is 12.1 Å². The number of para-hydroxylation sites is 1. The summed E-state index contributed by atoms with van der Waals surface area (Å²) in [7, 11) is -1.22. The smallest absolute Gasteiger partial charge is 0.341 e. The molecule has 0 atom stereocenters. The third kappa shape index (κ3) is 2.82. The maximum absolute atomic E-state index is 12.4. The third-order valence-corrected chi connectivity index (χ3v) is 4.14. The number of hydrogen-bond acceptors (Lipinski definition) is 5. The van der Waals surface area contributed by atoms with E-state index >= 15 is 0 Å². The van der Waals surface area contributed by atoms with Gasteiger partial charge in [0.2, 0.25) is 0 Å².